The average Bonchev–Trinajstić information content (AvgIpc) is 2.21. The molecule has 2 nitrogen and oxygen atoms in total. The van der Waals surface area contributed by atoms with Gasteiger partial charge in [0.25, 0.3) is 0 Å². The molecule has 2 N–H and O–H groups in total. The molecule has 0 spiro atoms. The van der Waals surface area contributed by atoms with Crippen molar-refractivity contribution in [3.8, 4) is 0 Å². The van der Waals surface area contributed by atoms with Crippen LogP contribution in [0.3, 0.4) is 0 Å². The highest BCUT2D eigenvalue weighted by molar-refractivity contribution is 4.97. The Kier molecular flexibility index (Phi) is 5.03. The van der Waals surface area contributed by atoms with Gasteiger partial charge in [-0.15, -0.1) is 0 Å². The van der Waals surface area contributed by atoms with Crippen LogP contribution < -0.4 is 5.73 Å². The first-order valence-corrected chi connectivity index (χ1v) is 7.21. The van der Waals surface area contributed by atoms with Crippen molar-refractivity contribution in [2.45, 2.75) is 78.4 Å². The van der Waals surface area contributed by atoms with Gasteiger partial charge in [0.05, 0.1) is 5.60 Å². The first-order valence-electron chi connectivity index (χ1n) is 7.21. The fraction of sp³-hybridized carbons (Fsp3) is 1.00. The highest BCUT2D eigenvalue weighted by Crippen LogP contribution is 2.44. The van der Waals surface area contributed by atoms with E-state index in [0.717, 1.165) is 25.9 Å². The maximum absolute atomic E-state index is 6.43. The molecule has 102 valence electrons. The average molecular weight is 241 g/mol. The molecule has 0 heterocycles. The zero-order valence-electron chi connectivity index (χ0n) is 12.4. The van der Waals surface area contributed by atoms with Crippen molar-refractivity contribution in [1.29, 1.82) is 0 Å². The first-order chi connectivity index (χ1) is 7.81. The lowest BCUT2D eigenvalue weighted by molar-refractivity contribution is -0.102. The largest absolute Gasteiger partial charge is 0.374 e. The van der Waals surface area contributed by atoms with E-state index in [4.69, 9.17) is 10.5 Å². The first kappa shape index (κ1) is 15.0. The van der Waals surface area contributed by atoms with Crippen LogP contribution in [0.4, 0.5) is 0 Å². The van der Waals surface area contributed by atoms with Crippen LogP contribution in [-0.2, 0) is 4.74 Å². The molecule has 17 heavy (non-hydrogen) atoms. The molecule has 0 aromatic carbocycles. The molecule has 1 atom stereocenters. The van der Waals surface area contributed by atoms with Crippen LogP contribution in [0, 0.1) is 11.3 Å². The van der Waals surface area contributed by atoms with E-state index in [9.17, 15) is 0 Å². The van der Waals surface area contributed by atoms with Gasteiger partial charge < -0.3 is 10.5 Å². The summed E-state index contributed by atoms with van der Waals surface area (Å²) in [4.78, 5) is 0. The lowest BCUT2D eigenvalue weighted by Crippen LogP contribution is -2.53. The van der Waals surface area contributed by atoms with E-state index in [0.29, 0.717) is 11.3 Å². The number of rotatable bonds is 5. The summed E-state index contributed by atoms with van der Waals surface area (Å²) in [5.74, 6) is 0.650. The van der Waals surface area contributed by atoms with Gasteiger partial charge in [-0.25, -0.2) is 0 Å². The third kappa shape index (κ3) is 3.96. The highest BCUT2D eigenvalue weighted by Gasteiger charge is 2.43. The van der Waals surface area contributed by atoms with Gasteiger partial charge in [0.1, 0.15) is 0 Å². The van der Waals surface area contributed by atoms with Gasteiger partial charge in [0.15, 0.2) is 0 Å². The highest BCUT2D eigenvalue weighted by atomic mass is 16.5. The lowest BCUT2D eigenvalue weighted by Gasteiger charge is -2.47. The van der Waals surface area contributed by atoms with E-state index < -0.39 is 0 Å². The predicted molar refractivity (Wildman–Crippen MR) is 74.0 cm³/mol. The molecule has 0 amide bonds. The molecule has 0 aliphatic heterocycles. The monoisotopic (exact) mass is 241 g/mol. The predicted octanol–water partition coefficient (Wildman–Crippen LogP) is 3.74. The Morgan fingerprint density at radius 1 is 1.12 bits per heavy atom. The van der Waals surface area contributed by atoms with E-state index in [1.165, 1.54) is 12.8 Å². The molecular formula is C15H31NO. The summed E-state index contributed by atoms with van der Waals surface area (Å²) in [7, 11) is 0. The van der Waals surface area contributed by atoms with Crippen molar-refractivity contribution in [3.63, 3.8) is 0 Å². The molecule has 2 heteroatoms. The second kappa shape index (κ2) is 5.71. The van der Waals surface area contributed by atoms with Crippen LogP contribution in [0.1, 0.15) is 66.7 Å². The van der Waals surface area contributed by atoms with E-state index in [2.05, 4.69) is 34.6 Å². The van der Waals surface area contributed by atoms with E-state index >= 15 is 0 Å². The molecule has 0 aromatic rings. The number of hydrogen-bond acceptors (Lipinski definition) is 2. The summed E-state index contributed by atoms with van der Waals surface area (Å²) in [6.07, 6.45) is 5.79. The number of hydrogen-bond donors (Lipinski definition) is 1. The van der Waals surface area contributed by atoms with Crippen molar-refractivity contribution >= 4 is 0 Å². The van der Waals surface area contributed by atoms with Crippen LogP contribution in [-0.4, -0.2) is 18.2 Å². The van der Waals surface area contributed by atoms with Gasteiger partial charge in [0.2, 0.25) is 0 Å². The van der Waals surface area contributed by atoms with Crippen LogP contribution in [0.25, 0.3) is 0 Å². The van der Waals surface area contributed by atoms with Crippen LogP contribution >= 0.6 is 0 Å². The quantitative estimate of drug-likeness (QED) is 0.796. The van der Waals surface area contributed by atoms with Gasteiger partial charge in [-0.3, -0.25) is 0 Å². The smallest absolute Gasteiger partial charge is 0.0832 e. The molecule has 1 unspecified atom stereocenters. The Balaban J connectivity index is 2.70. The van der Waals surface area contributed by atoms with Gasteiger partial charge in [-0.2, -0.15) is 0 Å². The number of ether oxygens (including phenoxy) is 1. The molecule has 1 fully saturated rings. The molecule has 0 radical (unpaired) electrons. The van der Waals surface area contributed by atoms with Crippen molar-refractivity contribution in [3.05, 3.63) is 0 Å². The normalized spacial score (nSPS) is 24.9. The zero-order chi connectivity index (χ0) is 13.1. The molecular weight excluding hydrogens is 210 g/mol. The minimum atomic E-state index is -0.0471. The fourth-order valence-corrected chi connectivity index (χ4v) is 2.98. The summed E-state index contributed by atoms with van der Waals surface area (Å²) >= 11 is 0. The molecule has 1 aliphatic rings. The Morgan fingerprint density at radius 2 is 1.65 bits per heavy atom. The Labute approximate surface area is 107 Å². The van der Waals surface area contributed by atoms with Crippen molar-refractivity contribution in [1.82, 2.24) is 0 Å². The van der Waals surface area contributed by atoms with Gasteiger partial charge in [-0.05, 0) is 50.4 Å². The minimum absolute atomic E-state index is 0.0471. The maximum atomic E-state index is 6.43. The summed E-state index contributed by atoms with van der Waals surface area (Å²) in [5.41, 5.74) is 6.86. The van der Waals surface area contributed by atoms with Crippen LogP contribution in [0.15, 0.2) is 0 Å². The lowest BCUT2D eigenvalue weighted by atomic mass is 9.67. The summed E-state index contributed by atoms with van der Waals surface area (Å²) in [6.45, 7) is 12.1. The SMILES string of the molecule is CCOC1(C(N)CC(C)C)CCC(C)(C)CC1. The molecule has 1 rings (SSSR count). The van der Waals surface area contributed by atoms with Gasteiger partial charge in [-0.1, -0.05) is 27.7 Å². The number of nitrogens with two attached hydrogens (primary N) is 1. The van der Waals surface area contributed by atoms with Crippen molar-refractivity contribution < 1.29 is 4.74 Å². The Hall–Kier alpha value is -0.0800. The second-order valence-corrected chi connectivity index (χ2v) is 6.90. The zero-order valence-corrected chi connectivity index (χ0v) is 12.4. The Morgan fingerprint density at radius 3 is 2.06 bits per heavy atom. The van der Waals surface area contributed by atoms with Crippen LogP contribution in [0.5, 0.6) is 0 Å². The molecule has 1 saturated carbocycles. The van der Waals surface area contributed by atoms with E-state index in [-0.39, 0.29) is 11.6 Å². The summed E-state index contributed by atoms with van der Waals surface area (Å²) < 4.78 is 6.10. The standard InChI is InChI=1S/C15H31NO/c1-6-17-15(13(16)11-12(2)3)9-7-14(4,5)8-10-15/h12-13H,6-11,16H2,1-5H3. The van der Waals surface area contributed by atoms with E-state index in [1.807, 2.05) is 0 Å². The van der Waals surface area contributed by atoms with Gasteiger partial charge >= 0.3 is 0 Å². The van der Waals surface area contributed by atoms with Crippen molar-refractivity contribution in [2.75, 3.05) is 6.61 Å². The molecule has 0 saturated heterocycles. The maximum Gasteiger partial charge on any atom is 0.0832 e. The topological polar surface area (TPSA) is 35.2 Å². The minimum Gasteiger partial charge on any atom is -0.374 e. The fourth-order valence-electron chi connectivity index (χ4n) is 2.98. The van der Waals surface area contributed by atoms with Crippen LogP contribution in [0.2, 0.25) is 0 Å². The molecule has 1 aliphatic carbocycles. The van der Waals surface area contributed by atoms with Gasteiger partial charge in [0, 0.05) is 12.6 Å². The molecule has 0 aromatic heterocycles. The third-order valence-electron chi connectivity index (χ3n) is 4.28. The Bertz CT molecular complexity index is 225. The van der Waals surface area contributed by atoms with E-state index in [1.54, 1.807) is 0 Å². The van der Waals surface area contributed by atoms with Crippen molar-refractivity contribution in [2.24, 2.45) is 17.1 Å². The summed E-state index contributed by atoms with van der Waals surface area (Å²) in [5, 5.41) is 0. The second-order valence-electron chi connectivity index (χ2n) is 6.90. The molecule has 0 bridgehead atoms. The third-order valence-corrected chi connectivity index (χ3v) is 4.28. The summed E-state index contributed by atoms with van der Waals surface area (Å²) in [6, 6.07) is 0.193.